The molecule has 100 valence electrons. The van der Waals surface area contributed by atoms with Gasteiger partial charge in [-0.2, -0.15) is 0 Å². The largest absolute Gasteiger partial charge is 0.399 e. The lowest BCUT2D eigenvalue weighted by Gasteiger charge is -2.26. The first-order chi connectivity index (χ1) is 8.65. The lowest BCUT2D eigenvalue weighted by atomic mass is 9.81. The van der Waals surface area contributed by atoms with Gasteiger partial charge in [0.25, 0.3) is 0 Å². The van der Waals surface area contributed by atoms with Gasteiger partial charge in [0.1, 0.15) is 0 Å². The maximum absolute atomic E-state index is 5.73. The van der Waals surface area contributed by atoms with Gasteiger partial charge >= 0.3 is 0 Å². The molecule has 0 saturated heterocycles. The lowest BCUT2D eigenvalue weighted by Crippen LogP contribution is -2.16. The van der Waals surface area contributed by atoms with E-state index in [-0.39, 0.29) is 0 Å². The van der Waals surface area contributed by atoms with Gasteiger partial charge in [-0.1, -0.05) is 26.2 Å². The first-order valence-electron chi connectivity index (χ1n) is 6.94. The zero-order valence-electron chi connectivity index (χ0n) is 11.1. The Morgan fingerprint density at radius 1 is 1.39 bits per heavy atom. The Bertz CT molecular complexity index is 392. The molecule has 3 heteroatoms. The molecule has 3 N–H and O–H groups in total. The summed E-state index contributed by atoms with van der Waals surface area (Å²) in [5.74, 6) is 1.83. The molecule has 0 aliphatic heterocycles. The second-order valence-corrected chi connectivity index (χ2v) is 6.45. The number of anilines is 2. The second-order valence-electron chi connectivity index (χ2n) is 5.59. The summed E-state index contributed by atoms with van der Waals surface area (Å²) in [5.41, 5.74) is 7.68. The molecule has 2 atom stereocenters. The maximum Gasteiger partial charge on any atom is 0.0486 e. The summed E-state index contributed by atoms with van der Waals surface area (Å²) < 4.78 is 1.06. The molecule has 2 nitrogen and oxygen atoms in total. The van der Waals surface area contributed by atoms with Gasteiger partial charge in [-0.3, -0.25) is 0 Å². The molecule has 0 radical (unpaired) electrons. The Hall–Kier alpha value is -0.700. The van der Waals surface area contributed by atoms with E-state index in [0.29, 0.717) is 0 Å². The van der Waals surface area contributed by atoms with Gasteiger partial charge in [0.2, 0.25) is 0 Å². The Labute approximate surface area is 118 Å². The average Bonchev–Trinajstić information content (AvgIpc) is 2.32. The highest BCUT2D eigenvalue weighted by molar-refractivity contribution is 9.10. The number of nitrogens with two attached hydrogens (primary N) is 1. The van der Waals surface area contributed by atoms with Gasteiger partial charge in [-0.15, -0.1) is 0 Å². The van der Waals surface area contributed by atoms with E-state index >= 15 is 0 Å². The Kier molecular flexibility index (Phi) is 4.93. The molecule has 1 saturated carbocycles. The van der Waals surface area contributed by atoms with Gasteiger partial charge in [0.15, 0.2) is 0 Å². The predicted octanol–water partition coefficient (Wildman–Crippen LogP) is 4.66. The summed E-state index contributed by atoms with van der Waals surface area (Å²) in [4.78, 5) is 0. The van der Waals surface area contributed by atoms with Gasteiger partial charge in [0, 0.05) is 22.4 Å². The fourth-order valence-electron chi connectivity index (χ4n) is 2.91. The van der Waals surface area contributed by atoms with Gasteiger partial charge in [-0.25, -0.2) is 0 Å². The van der Waals surface area contributed by atoms with Crippen LogP contribution in [0.3, 0.4) is 0 Å². The fraction of sp³-hybridized carbons (Fsp3) is 0.600. The van der Waals surface area contributed by atoms with Crippen LogP contribution in [0.4, 0.5) is 11.4 Å². The topological polar surface area (TPSA) is 38.0 Å². The van der Waals surface area contributed by atoms with Crippen LogP contribution < -0.4 is 11.1 Å². The molecule has 0 bridgehead atoms. The molecule has 0 heterocycles. The van der Waals surface area contributed by atoms with Crippen molar-refractivity contribution in [3.63, 3.8) is 0 Å². The van der Waals surface area contributed by atoms with Crippen LogP contribution in [0.15, 0.2) is 22.7 Å². The number of halogens is 1. The fourth-order valence-corrected chi connectivity index (χ4v) is 3.44. The minimum atomic E-state index is 0.800. The van der Waals surface area contributed by atoms with Crippen LogP contribution in [0, 0.1) is 11.8 Å². The molecule has 1 aliphatic carbocycles. The summed E-state index contributed by atoms with van der Waals surface area (Å²) >= 11 is 3.54. The highest BCUT2D eigenvalue weighted by Crippen LogP contribution is 2.31. The van der Waals surface area contributed by atoms with Gasteiger partial charge in [-0.05, 0) is 58.8 Å². The zero-order chi connectivity index (χ0) is 13.0. The summed E-state index contributed by atoms with van der Waals surface area (Å²) in [5, 5.41) is 3.50. The van der Waals surface area contributed by atoms with Crippen LogP contribution in [0.25, 0.3) is 0 Å². The summed E-state index contributed by atoms with van der Waals surface area (Å²) in [7, 11) is 0. The van der Waals surface area contributed by atoms with Crippen molar-refractivity contribution in [3.8, 4) is 0 Å². The zero-order valence-corrected chi connectivity index (χ0v) is 12.7. The highest BCUT2D eigenvalue weighted by atomic mass is 79.9. The lowest BCUT2D eigenvalue weighted by molar-refractivity contribution is 0.274. The third-order valence-corrected chi connectivity index (χ3v) is 4.56. The van der Waals surface area contributed by atoms with Crippen molar-refractivity contribution in [2.45, 2.75) is 39.0 Å². The van der Waals surface area contributed by atoms with Crippen molar-refractivity contribution in [2.75, 3.05) is 17.6 Å². The van der Waals surface area contributed by atoms with Crippen molar-refractivity contribution < 1.29 is 0 Å². The minimum Gasteiger partial charge on any atom is -0.399 e. The van der Waals surface area contributed by atoms with E-state index in [2.05, 4.69) is 28.2 Å². The Balaban J connectivity index is 1.77. The maximum atomic E-state index is 5.73. The van der Waals surface area contributed by atoms with E-state index in [4.69, 9.17) is 5.73 Å². The van der Waals surface area contributed by atoms with Crippen molar-refractivity contribution >= 4 is 27.3 Å². The van der Waals surface area contributed by atoms with Crippen molar-refractivity contribution in [2.24, 2.45) is 11.8 Å². The number of nitrogens with one attached hydrogen (secondary N) is 1. The number of hydrogen-bond acceptors (Lipinski definition) is 2. The van der Waals surface area contributed by atoms with E-state index in [9.17, 15) is 0 Å². The highest BCUT2D eigenvalue weighted by Gasteiger charge is 2.18. The van der Waals surface area contributed by atoms with Crippen molar-refractivity contribution in [1.29, 1.82) is 0 Å². The van der Waals surface area contributed by atoms with Crippen LogP contribution in [-0.4, -0.2) is 6.54 Å². The standard InChI is InChI=1S/C15H23BrN2/c1-11-3-2-4-12(9-11)7-8-18-15-6-5-13(17)10-14(15)16/h5-6,10-12,18H,2-4,7-9,17H2,1H3. The summed E-state index contributed by atoms with van der Waals surface area (Å²) in [6, 6.07) is 5.93. The quantitative estimate of drug-likeness (QED) is 0.794. The van der Waals surface area contributed by atoms with E-state index in [1.807, 2.05) is 18.2 Å². The third kappa shape index (κ3) is 3.91. The average molecular weight is 311 g/mol. The molecule has 0 spiro atoms. The minimum absolute atomic E-state index is 0.800. The van der Waals surface area contributed by atoms with E-state index in [0.717, 1.165) is 34.2 Å². The number of benzene rings is 1. The Morgan fingerprint density at radius 3 is 2.94 bits per heavy atom. The first-order valence-corrected chi connectivity index (χ1v) is 7.73. The molecule has 1 aliphatic rings. The molecule has 1 aromatic rings. The number of rotatable bonds is 4. The van der Waals surface area contributed by atoms with E-state index in [1.54, 1.807) is 0 Å². The monoisotopic (exact) mass is 310 g/mol. The van der Waals surface area contributed by atoms with Gasteiger partial charge in [0.05, 0.1) is 0 Å². The summed E-state index contributed by atoms with van der Waals surface area (Å²) in [6.07, 6.45) is 6.94. The van der Waals surface area contributed by atoms with Crippen LogP contribution >= 0.6 is 15.9 Å². The third-order valence-electron chi connectivity index (χ3n) is 3.91. The normalized spacial score (nSPS) is 23.9. The molecule has 18 heavy (non-hydrogen) atoms. The van der Waals surface area contributed by atoms with Gasteiger partial charge < -0.3 is 11.1 Å². The molecular weight excluding hydrogens is 288 g/mol. The van der Waals surface area contributed by atoms with E-state index < -0.39 is 0 Å². The van der Waals surface area contributed by atoms with Crippen LogP contribution in [0.5, 0.6) is 0 Å². The molecular formula is C15H23BrN2. The van der Waals surface area contributed by atoms with Crippen molar-refractivity contribution in [3.05, 3.63) is 22.7 Å². The van der Waals surface area contributed by atoms with Crippen LogP contribution in [-0.2, 0) is 0 Å². The van der Waals surface area contributed by atoms with E-state index in [1.165, 1.54) is 32.1 Å². The van der Waals surface area contributed by atoms with Crippen LogP contribution in [0.1, 0.15) is 39.0 Å². The SMILES string of the molecule is CC1CCCC(CCNc2ccc(N)cc2Br)C1. The molecule has 0 amide bonds. The first kappa shape index (κ1) is 13.7. The molecule has 2 rings (SSSR count). The molecule has 2 unspecified atom stereocenters. The number of hydrogen-bond donors (Lipinski definition) is 2. The number of nitrogen functional groups attached to an aromatic ring is 1. The molecule has 1 aromatic carbocycles. The summed E-state index contributed by atoms with van der Waals surface area (Å²) in [6.45, 7) is 3.44. The predicted molar refractivity (Wildman–Crippen MR) is 82.8 cm³/mol. The smallest absolute Gasteiger partial charge is 0.0486 e. The molecule has 0 aromatic heterocycles. The molecule has 1 fully saturated rings. The second kappa shape index (κ2) is 6.46. The van der Waals surface area contributed by atoms with Crippen LogP contribution in [0.2, 0.25) is 0 Å². The van der Waals surface area contributed by atoms with Crippen molar-refractivity contribution in [1.82, 2.24) is 0 Å². The Morgan fingerprint density at radius 2 is 2.22 bits per heavy atom.